The molecule has 0 bridgehead atoms. The summed E-state index contributed by atoms with van der Waals surface area (Å²) in [4.78, 5) is 1.88. The Morgan fingerprint density at radius 1 is 1.20 bits per heavy atom. The van der Waals surface area contributed by atoms with E-state index in [9.17, 15) is 9.50 Å². The Bertz CT molecular complexity index is 595. The Morgan fingerprint density at radius 2 is 1.90 bits per heavy atom. The molecule has 3 heteroatoms. The Balaban J connectivity index is 2.21. The zero-order valence-corrected chi connectivity index (χ0v) is 12.1. The van der Waals surface area contributed by atoms with Crippen LogP contribution in [0, 0.1) is 12.7 Å². The molecule has 2 nitrogen and oxygen atoms in total. The fourth-order valence-electron chi connectivity index (χ4n) is 2.22. The molecule has 1 N–H and O–H groups in total. The van der Waals surface area contributed by atoms with Crippen molar-refractivity contribution in [3.63, 3.8) is 0 Å². The van der Waals surface area contributed by atoms with Crippen LogP contribution >= 0.6 is 0 Å². The number of aliphatic hydroxyl groups excluding tert-OH is 1. The number of aryl methyl sites for hydroxylation is 1. The van der Waals surface area contributed by atoms with Crippen molar-refractivity contribution in [3.8, 4) is 0 Å². The highest BCUT2D eigenvalue weighted by atomic mass is 19.1. The van der Waals surface area contributed by atoms with Crippen LogP contribution in [0.5, 0.6) is 0 Å². The number of nitrogens with zero attached hydrogens (tertiary/aromatic N) is 1. The Hall–Kier alpha value is -1.87. The van der Waals surface area contributed by atoms with Gasteiger partial charge in [0, 0.05) is 13.6 Å². The lowest BCUT2D eigenvalue weighted by Gasteiger charge is -2.21. The summed E-state index contributed by atoms with van der Waals surface area (Å²) in [5.41, 5.74) is 3.50. The fraction of sp³-hybridized carbons (Fsp3) is 0.294. The van der Waals surface area contributed by atoms with Gasteiger partial charge in [0.1, 0.15) is 5.82 Å². The van der Waals surface area contributed by atoms with Crippen LogP contribution in [0.3, 0.4) is 0 Å². The number of hydrogen-bond donors (Lipinski definition) is 1. The molecule has 0 saturated carbocycles. The van der Waals surface area contributed by atoms with Crippen molar-refractivity contribution in [2.75, 3.05) is 11.9 Å². The predicted molar refractivity (Wildman–Crippen MR) is 80.3 cm³/mol. The van der Waals surface area contributed by atoms with E-state index < -0.39 is 6.10 Å². The van der Waals surface area contributed by atoms with Gasteiger partial charge in [0.15, 0.2) is 0 Å². The van der Waals surface area contributed by atoms with Gasteiger partial charge in [0.2, 0.25) is 0 Å². The molecule has 0 aliphatic heterocycles. The molecule has 2 aromatic carbocycles. The number of benzene rings is 2. The highest BCUT2D eigenvalue weighted by molar-refractivity contribution is 5.49. The van der Waals surface area contributed by atoms with Crippen molar-refractivity contribution in [2.24, 2.45) is 0 Å². The van der Waals surface area contributed by atoms with E-state index in [1.165, 1.54) is 17.2 Å². The van der Waals surface area contributed by atoms with Crippen LogP contribution in [0.15, 0.2) is 42.5 Å². The molecule has 0 unspecified atom stereocenters. The van der Waals surface area contributed by atoms with Crippen molar-refractivity contribution < 1.29 is 9.50 Å². The zero-order chi connectivity index (χ0) is 14.7. The molecule has 0 fully saturated rings. The number of rotatable bonds is 4. The van der Waals surface area contributed by atoms with Crippen LogP contribution in [-0.2, 0) is 6.54 Å². The van der Waals surface area contributed by atoms with Crippen LogP contribution in [-0.4, -0.2) is 12.2 Å². The maximum atomic E-state index is 14.1. The van der Waals surface area contributed by atoms with E-state index in [1.807, 2.05) is 30.1 Å². The second kappa shape index (κ2) is 6.06. The van der Waals surface area contributed by atoms with Gasteiger partial charge in [-0.1, -0.05) is 30.3 Å². The summed E-state index contributed by atoms with van der Waals surface area (Å²) in [7, 11) is 1.87. The summed E-state index contributed by atoms with van der Waals surface area (Å²) in [5.74, 6) is -0.306. The quantitative estimate of drug-likeness (QED) is 0.915. The van der Waals surface area contributed by atoms with E-state index in [0.29, 0.717) is 17.8 Å². The van der Waals surface area contributed by atoms with Gasteiger partial charge >= 0.3 is 0 Å². The SMILES string of the molecule is Cc1ccccc1CN(C)c1ccc([C@H](C)O)cc1F. The lowest BCUT2D eigenvalue weighted by atomic mass is 10.1. The third-order valence-electron chi connectivity index (χ3n) is 3.53. The van der Waals surface area contributed by atoms with Crippen LogP contribution in [0.4, 0.5) is 10.1 Å². The predicted octanol–water partition coefficient (Wildman–Crippen LogP) is 3.82. The zero-order valence-electron chi connectivity index (χ0n) is 12.1. The topological polar surface area (TPSA) is 23.5 Å². The standard InChI is InChI=1S/C17H20FNO/c1-12-6-4-5-7-15(12)11-19(3)17-9-8-14(13(2)20)10-16(17)18/h4-10,13,20H,11H2,1-3H3/t13-/m0/s1. The van der Waals surface area contributed by atoms with Gasteiger partial charge in [-0.2, -0.15) is 0 Å². The van der Waals surface area contributed by atoms with Crippen molar-refractivity contribution in [1.82, 2.24) is 0 Å². The lowest BCUT2D eigenvalue weighted by molar-refractivity contribution is 0.199. The van der Waals surface area contributed by atoms with Crippen LogP contribution < -0.4 is 4.90 Å². The smallest absolute Gasteiger partial charge is 0.146 e. The first kappa shape index (κ1) is 14.5. The summed E-state index contributed by atoms with van der Waals surface area (Å²) < 4.78 is 14.1. The van der Waals surface area contributed by atoms with Gasteiger partial charge in [-0.25, -0.2) is 4.39 Å². The molecule has 20 heavy (non-hydrogen) atoms. The normalized spacial score (nSPS) is 12.2. The van der Waals surface area contributed by atoms with Crippen LogP contribution in [0.1, 0.15) is 29.7 Å². The van der Waals surface area contributed by atoms with Gasteiger partial charge in [0.05, 0.1) is 11.8 Å². The first-order chi connectivity index (χ1) is 9.49. The molecule has 0 amide bonds. The Morgan fingerprint density at radius 3 is 2.50 bits per heavy atom. The average molecular weight is 273 g/mol. The largest absolute Gasteiger partial charge is 0.389 e. The van der Waals surface area contributed by atoms with Gasteiger partial charge in [-0.15, -0.1) is 0 Å². The molecular weight excluding hydrogens is 253 g/mol. The average Bonchev–Trinajstić information content (AvgIpc) is 2.41. The maximum absolute atomic E-state index is 14.1. The number of hydrogen-bond acceptors (Lipinski definition) is 2. The van der Waals surface area contributed by atoms with Gasteiger partial charge in [-0.05, 0) is 42.7 Å². The summed E-state index contributed by atoms with van der Waals surface area (Å²) >= 11 is 0. The molecule has 2 rings (SSSR count). The molecule has 0 radical (unpaired) electrons. The Labute approximate surface area is 119 Å². The second-order valence-electron chi connectivity index (χ2n) is 5.17. The van der Waals surface area contributed by atoms with Gasteiger partial charge < -0.3 is 10.0 Å². The number of halogens is 1. The monoisotopic (exact) mass is 273 g/mol. The van der Waals surface area contributed by atoms with E-state index in [1.54, 1.807) is 19.1 Å². The molecule has 0 aliphatic carbocycles. The maximum Gasteiger partial charge on any atom is 0.146 e. The molecule has 0 heterocycles. The third kappa shape index (κ3) is 3.17. The first-order valence-corrected chi connectivity index (χ1v) is 6.72. The molecular formula is C17H20FNO. The van der Waals surface area contributed by atoms with E-state index in [2.05, 4.69) is 13.0 Å². The minimum absolute atomic E-state index is 0.306. The molecule has 0 saturated heterocycles. The molecule has 0 spiro atoms. The third-order valence-corrected chi connectivity index (χ3v) is 3.53. The van der Waals surface area contributed by atoms with Crippen molar-refractivity contribution >= 4 is 5.69 Å². The molecule has 2 aromatic rings. The van der Waals surface area contributed by atoms with Gasteiger partial charge in [0.25, 0.3) is 0 Å². The molecule has 0 aromatic heterocycles. The lowest BCUT2D eigenvalue weighted by Crippen LogP contribution is -2.18. The number of anilines is 1. The molecule has 0 aliphatic rings. The fourth-order valence-corrected chi connectivity index (χ4v) is 2.22. The first-order valence-electron chi connectivity index (χ1n) is 6.72. The molecule has 106 valence electrons. The molecule has 1 atom stereocenters. The summed E-state index contributed by atoms with van der Waals surface area (Å²) in [6.07, 6.45) is -0.653. The minimum atomic E-state index is -0.653. The highest BCUT2D eigenvalue weighted by Crippen LogP contribution is 2.24. The van der Waals surface area contributed by atoms with E-state index in [0.717, 1.165) is 0 Å². The van der Waals surface area contributed by atoms with Crippen molar-refractivity contribution in [3.05, 3.63) is 65.0 Å². The van der Waals surface area contributed by atoms with Gasteiger partial charge in [-0.3, -0.25) is 0 Å². The van der Waals surface area contributed by atoms with E-state index in [-0.39, 0.29) is 5.82 Å². The second-order valence-corrected chi connectivity index (χ2v) is 5.17. The summed E-state index contributed by atoms with van der Waals surface area (Å²) in [5, 5.41) is 9.47. The Kier molecular flexibility index (Phi) is 4.40. The van der Waals surface area contributed by atoms with E-state index >= 15 is 0 Å². The summed E-state index contributed by atoms with van der Waals surface area (Å²) in [6.45, 7) is 4.33. The van der Waals surface area contributed by atoms with Crippen LogP contribution in [0.2, 0.25) is 0 Å². The summed E-state index contributed by atoms with van der Waals surface area (Å²) in [6, 6.07) is 13.0. The minimum Gasteiger partial charge on any atom is -0.389 e. The van der Waals surface area contributed by atoms with E-state index in [4.69, 9.17) is 0 Å². The highest BCUT2D eigenvalue weighted by Gasteiger charge is 2.11. The number of aliphatic hydroxyl groups is 1. The van der Waals surface area contributed by atoms with Crippen molar-refractivity contribution in [1.29, 1.82) is 0 Å². The van der Waals surface area contributed by atoms with Crippen LogP contribution in [0.25, 0.3) is 0 Å². The van der Waals surface area contributed by atoms with Crippen molar-refractivity contribution in [2.45, 2.75) is 26.5 Å².